The van der Waals surface area contributed by atoms with E-state index in [0.29, 0.717) is 10.9 Å². The van der Waals surface area contributed by atoms with Crippen LogP contribution < -0.4 is 4.90 Å². The fourth-order valence-corrected chi connectivity index (χ4v) is 5.80. The SMILES string of the molecule is O=S(=O)(c1ccccc1)c1nn(Cl)c2ccc(N3CCN(Cc4ccccc4)CC3)cc12. The molecular weight excluding hydrogens is 444 g/mol. The van der Waals surface area contributed by atoms with E-state index in [-0.39, 0.29) is 9.92 Å². The summed E-state index contributed by atoms with van der Waals surface area (Å²) >= 11 is 6.23. The van der Waals surface area contributed by atoms with Crippen molar-refractivity contribution in [1.29, 1.82) is 0 Å². The summed E-state index contributed by atoms with van der Waals surface area (Å²) in [5, 5.41) is 4.67. The van der Waals surface area contributed by atoms with Crippen LogP contribution in [0, 0.1) is 0 Å². The predicted molar refractivity (Wildman–Crippen MR) is 127 cm³/mol. The molecule has 0 spiro atoms. The van der Waals surface area contributed by atoms with Gasteiger partial charge in [0.05, 0.1) is 10.4 Å². The van der Waals surface area contributed by atoms with E-state index in [9.17, 15) is 8.42 Å². The number of rotatable bonds is 5. The third kappa shape index (κ3) is 3.99. The van der Waals surface area contributed by atoms with E-state index in [1.54, 1.807) is 30.3 Å². The molecule has 0 amide bonds. The van der Waals surface area contributed by atoms with Crippen LogP contribution in [0.25, 0.3) is 10.9 Å². The van der Waals surface area contributed by atoms with Gasteiger partial charge in [-0.3, -0.25) is 4.90 Å². The van der Waals surface area contributed by atoms with Crippen molar-refractivity contribution in [1.82, 2.24) is 14.2 Å². The van der Waals surface area contributed by atoms with Crippen molar-refractivity contribution in [2.75, 3.05) is 31.1 Å². The van der Waals surface area contributed by atoms with Crippen molar-refractivity contribution >= 4 is 38.2 Å². The van der Waals surface area contributed by atoms with Gasteiger partial charge in [-0.05, 0) is 35.9 Å². The molecule has 2 heterocycles. The highest BCUT2D eigenvalue weighted by atomic mass is 35.5. The number of benzene rings is 3. The zero-order valence-corrected chi connectivity index (χ0v) is 19.0. The average Bonchev–Trinajstić information content (AvgIpc) is 3.17. The fourth-order valence-electron chi connectivity index (χ4n) is 4.16. The number of sulfone groups is 1. The Bertz CT molecular complexity index is 1330. The van der Waals surface area contributed by atoms with Crippen LogP contribution in [-0.4, -0.2) is 48.8 Å². The van der Waals surface area contributed by atoms with E-state index >= 15 is 0 Å². The molecule has 0 atom stereocenters. The van der Waals surface area contributed by atoms with Gasteiger partial charge in [-0.15, -0.1) is 5.10 Å². The van der Waals surface area contributed by atoms with E-state index < -0.39 is 9.84 Å². The second-order valence-corrected chi connectivity index (χ2v) is 10.1. The summed E-state index contributed by atoms with van der Waals surface area (Å²) in [6.07, 6.45) is 0. The summed E-state index contributed by atoms with van der Waals surface area (Å²) in [4.78, 5) is 4.93. The lowest BCUT2D eigenvalue weighted by Gasteiger charge is -2.36. The number of hydrogen-bond acceptors (Lipinski definition) is 5. The van der Waals surface area contributed by atoms with Crippen LogP contribution in [0.15, 0.2) is 88.8 Å². The number of halogens is 1. The van der Waals surface area contributed by atoms with Crippen molar-refractivity contribution in [2.45, 2.75) is 16.5 Å². The molecule has 3 aromatic carbocycles. The molecule has 1 aliphatic heterocycles. The van der Waals surface area contributed by atoms with Crippen LogP contribution in [-0.2, 0) is 16.4 Å². The molecule has 4 aromatic rings. The number of nitrogens with zero attached hydrogens (tertiary/aromatic N) is 4. The summed E-state index contributed by atoms with van der Waals surface area (Å²) in [6, 6.07) is 24.5. The van der Waals surface area contributed by atoms with E-state index in [4.69, 9.17) is 11.8 Å². The fraction of sp³-hybridized carbons (Fsp3) is 0.208. The minimum Gasteiger partial charge on any atom is -0.369 e. The molecule has 1 aromatic heterocycles. The molecule has 0 saturated carbocycles. The molecule has 1 aliphatic rings. The van der Waals surface area contributed by atoms with Crippen LogP contribution in [0.5, 0.6) is 0 Å². The van der Waals surface area contributed by atoms with E-state index in [0.717, 1.165) is 42.6 Å². The maximum Gasteiger partial charge on any atom is 0.226 e. The largest absolute Gasteiger partial charge is 0.369 e. The Morgan fingerprint density at radius 1 is 0.844 bits per heavy atom. The van der Waals surface area contributed by atoms with Crippen LogP contribution in [0.1, 0.15) is 5.56 Å². The lowest BCUT2D eigenvalue weighted by atomic mass is 10.1. The molecule has 0 radical (unpaired) electrons. The Kier molecular flexibility index (Phi) is 5.63. The maximum atomic E-state index is 13.2. The maximum absolute atomic E-state index is 13.2. The first-order valence-electron chi connectivity index (χ1n) is 10.5. The molecule has 5 rings (SSSR count). The second kappa shape index (κ2) is 8.58. The van der Waals surface area contributed by atoms with Crippen LogP contribution >= 0.6 is 11.8 Å². The summed E-state index contributed by atoms with van der Waals surface area (Å²) in [5.41, 5.74) is 2.87. The van der Waals surface area contributed by atoms with Gasteiger partial charge in [0, 0.05) is 55.6 Å². The van der Waals surface area contributed by atoms with Gasteiger partial charge in [0.25, 0.3) is 0 Å². The lowest BCUT2D eigenvalue weighted by molar-refractivity contribution is 0.250. The normalized spacial score (nSPS) is 15.3. The molecule has 8 heteroatoms. The third-order valence-corrected chi connectivity index (χ3v) is 7.84. The monoisotopic (exact) mass is 466 g/mol. The van der Waals surface area contributed by atoms with Gasteiger partial charge in [-0.2, -0.15) is 4.20 Å². The molecule has 0 aliphatic carbocycles. The summed E-state index contributed by atoms with van der Waals surface area (Å²) in [6.45, 7) is 4.56. The standard InChI is InChI=1S/C24H23ClN4O2S/c25-29-23-12-11-20(28-15-13-27(14-16-28)18-19-7-3-1-4-8-19)17-22(23)24(26-29)32(30,31)21-9-5-2-6-10-21/h1-12,17H,13-16,18H2. The zero-order valence-electron chi connectivity index (χ0n) is 17.4. The van der Waals surface area contributed by atoms with Crippen LogP contribution in [0.4, 0.5) is 5.69 Å². The molecule has 1 fully saturated rings. The molecule has 0 unspecified atom stereocenters. The third-order valence-electron chi connectivity index (χ3n) is 5.88. The first-order valence-corrected chi connectivity index (χ1v) is 12.3. The highest BCUT2D eigenvalue weighted by Crippen LogP contribution is 2.31. The van der Waals surface area contributed by atoms with Crippen molar-refractivity contribution in [2.24, 2.45) is 0 Å². The Morgan fingerprint density at radius 2 is 1.50 bits per heavy atom. The van der Waals surface area contributed by atoms with Crippen molar-refractivity contribution < 1.29 is 8.42 Å². The Balaban J connectivity index is 1.40. The second-order valence-electron chi connectivity index (χ2n) is 7.93. The highest BCUT2D eigenvalue weighted by molar-refractivity contribution is 7.91. The molecular formula is C24H23ClN4O2S. The first-order chi connectivity index (χ1) is 15.5. The van der Waals surface area contributed by atoms with Crippen LogP contribution in [0.3, 0.4) is 0 Å². The number of aromatic nitrogens is 2. The molecule has 0 N–H and O–H groups in total. The van der Waals surface area contributed by atoms with Gasteiger partial charge >= 0.3 is 0 Å². The predicted octanol–water partition coefficient (Wildman–Crippen LogP) is 4.19. The zero-order chi connectivity index (χ0) is 22.1. The Hall–Kier alpha value is -2.87. The topological polar surface area (TPSA) is 58.4 Å². The van der Waals surface area contributed by atoms with E-state index in [1.807, 2.05) is 24.3 Å². The smallest absolute Gasteiger partial charge is 0.226 e. The van der Waals surface area contributed by atoms with Gasteiger partial charge in [0.2, 0.25) is 9.84 Å². The molecule has 164 valence electrons. The number of piperazine rings is 1. The van der Waals surface area contributed by atoms with E-state index in [2.05, 4.69) is 39.2 Å². The van der Waals surface area contributed by atoms with E-state index in [1.165, 1.54) is 5.56 Å². The van der Waals surface area contributed by atoms with Crippen molar-refractivity contribution in [3.63, 3.8) is 0 Å². The minimum absolute atomic E-state index is 0.0155. The number of hydrogen-bond donors (Lipinski definition) is 0. The van der Waals surface area contributed by atoms with Gasteiger partial charge in [0.15, 0.2) is 5.03 Å². The molecule has 6 nitrogen and oxygen atoms in total. The van der Waals surface area contributed by atoms with Gasteiger partial charge < -0.3 is 4.90 Å². The van der Waals surface area contributed by atoms with Crippen molar-refractivity contribution in [3.8, 4) is 0 Å². The van der Waals surface area contributed by atoms with Gasteiger partial charge in [-0.1, -0.05) is 48.5 Å². The van der Waals surface area contributed by atoms with Crippen molar-refractivity contribution in [3.05, 3.63) is 84.4 Å². The molecule has 1 saturated heterocycles. The summed E-state index contributed by atoms with van der Waals surface area (Å²) in [5.74, 6) is 0. The molecule has 32 heavy (non-hydrogen) atoms. The summed E-state index contributed by atoms with van der Waals surface area (Å²) in [7, 11) is -3.78. The Labute approximate surface area is 192 Å². The number of fused-ring (bicyclic) bond motifs is 1. The van der Waals surface area contributed by atoms with Gasteiger partial charge in [-0.25, -0.2) is 8.42 Å². The minimum atomic E-state index is -3.78. The average molecular weight is 467 g/mol. The highest BCUT2D eigenvalue weighted by Gasteiger charge is 2.26. The Morgan fingerprint density at radius 3 is 2.19 bits per heavy atom. The van der Waals surface area contributed by atoms with Crippen LogP contribution in [0.2, 0.25) is 0 Å². The number of anilines is 1. The lowest BCUT2D eigenvalue weighted by Crippen LogP contribution is -2.45. The van der Waals surface area contributed by atoms with Gasteiger partial charge in [0.1, 0.15) is 0 Å². The first kappa shape index (κ1) is 21.0. The molecule has 0 bridgehead atoms. The quantitative estimate of drug-likeness (QED) is 0.441. The summed E-state index contributed by atoms with van der Waals surface area (Å²) < 4.78 is 27.5.